The van der Waals surface area contributed by atoms with Gasteiger partial charge in [0.2, 0.25) is 5.89 Å². The van der Waals surface area contributed by atoms with Gasteiger partial charge in [0.25, 0.3) is 5.56 Å². The molecule has 1 N–H and O–H groups in total. The van der Waals surface area contributed by atoms with Crippen molar-refractivity contribution in [2.45, 2.75) is 13.3 Å². The predicted molar refractivity (Wildman–Crippen MR) is 93.7 cm³/mol. The molecule has 8 nitrogen and oxygen atoms in total. The summed E-state index contributed by atoms with van der Waals surface area (Å²) in [5.41, 5.74) is 3.73. The van der Waals surface area contributed by atoms with Crippen LogP contribution in [0.4, 0.5) is 0 Å². The highest BCUT2D eigenvalue weighted by Gasteiger charge is 2.15. The van der Waals surface area contributed by atoms with Crippen LogP contribution in [0.15, 0.2) is 56.7 Å². The van der Waals surface area contributed by atoms with Crippen LogP contribution in [0.3, 0.4) is 0 Å². The number of aryl methyl sites for hydroxylation is 1. The molecule has 5 rings (SSSR count). The fourth-order valence-electron chi connectivity index (χ4n) is 3.05. The molecule has 0 saturated heterocycles. The van der Waals surface area contributed by atoms with E-state index in [0.29, 0.717) is 28.4 Å². The highest BCUT2D eigenvalue weighted by atomic mass is 16.5. The van der Waals surface area contributed by atoms with Gasteiger partial charge >= 0.3 is 0 Å². The summed E-state index contributed by atoms with van der Waals surface area (Å²) < 4.78 is 12.1. The molecule has 8 heteroatoms. The molecular formula is C18H13N5O3. The average Bonchev–Trinajstić information content (AvgIpc) is 3.39. The predicted octanol–water partition coefficient (Wildman–Crippen LogP) is 3.05. The zero-order valence-electron chi connectivity index (χ0n) is 13.8. The van der Waals surface area contributed by atoms with Gasteiger partial charge in [-0.25, -0.2) is 14.5 Å². The number of hydrogen-bond donors (Lipinski definition) is 1. The second kappa shape index (κ2) is 5.41. The maximum Gasteiger partial charge on any atom is 0.273 e. The summed E-state index contributed by atoms with van der Waals surface area (Å²) in [6.07, 6.45) is 5.46. The molecule has 0 bridgehead atoms. The fraction of sp³-hybridized carbons (Fsp3) is 0.111. The van der Waals surface area contributed by atoms with Crippen LogP contribution < -0.4 is 5.56 Å². The molecule has 1 aromatic carbocycles. The number of aromatic nitrogens is 5. The molecule has 0 aliphatic carbocycles. The van der Waals surface area contributed by atoms with E-state index in [1.54, 1.807) is 12.4 Å². The summed E-state index contributed by atoms with van der Waals surface area (Å²) in [4.78, 5) is 21.2. The van der Waals surface area contributed by atoms with E-state index in [1.807, 2.05) is 25.1 Å². The molecule has 0 aliphatic rings. The molecule has 4 heterocycles. The molecule has 0 fully saturated rings. The van der Waals surface area contributed by atoms with Crippen LogP contribution >= 0.6 is 0 Å². The third-order valence-electron chi connectivity index (χ3n) is 4.34. The molecule has 5 aromatic rings. The van der Waals surface area contributed by atoms with Gasteiger partial charge in [-0.05, 0) is 18.6 Å². The van der Waals surface area contributed by atoms with Crippen LogP contribution in [-0.2, 0) is 6.42 Å². The normalized spacial score (nSPS) is 11.6. The number of nitrogens with one attached hydrogen (secondary N) is 1. The molecule has 4 aromatic heterocycles. The summed E-state index contributed by atoms with van der Waals surface area (Å²) in [5, 5.41) is 7.91. The van der Waals surface area contributed by atoms with Gasteiger partial charge in [0.05, 0.1) is 23.1 Å². The van der Waals surface area contributed by atoms with Gasteiger partial charge < -0.3 is 8.94 Å². The molecule has 0 spiro atoms. The monoisotopic (exact) mass is 347 g/mol. The van der Waals surface area contributed by atoms with Gasteiger partial charge in [-0.1, -0.05) is 18.1 Å². The van der Waals surface area contributed by atoms with Crippen molar-refractivity contribution in [3.63, 3.8) is 0 Å². The van der Waals surface area contributed by atoms with Crippen LogP contribution in [0.5, 0.6) is 0 Å². The summed E-state index contributed by atoms with van der Waals surface area (Å²) in [5.74, 6) is 0.395. The van der Waals surface area contributed by atoms with Crippen LogP contribution in [-0.4, -0.2) is 24.7 Å². The number of H-pyrrole nitrogens is 1. The number of hydrogen-bond acceptors (Lipinski definition) is 6. The minimum atomic E-state index is -0.227. The van der Waals surface area contributed by atoms with Gasteiger partial charge in [-0.3, -0.25) is 9.89 Å². The Labute approximate surface area is 146 Å². The average molecular weight is 347 g/mol. The third-order valence-corrected chi connectivity index (χ3v) is 4.34. The lowest BCUT2D eigenvalue weighted by Crippen LogP contribution is -2.14. The second-order valence-corrected chi connectivity index (χ2v) is 5.86. The van der Waals surface area contributed by atoms with Crippen LogP contribution in [0.25, 0.3) is 39.3 Å². The van der Waals surface area contributed by atoms with Crippen molar-refractivity contribution in [2.24, 2.45) is 0 Å². The molecule has 0 unspecified atom stereocenters. The Bertz CT molecular complexity index is 1290. The van der Waals surface area contributed by atoms with Gasteiger partial charge in [0.1, 0.15) is 6.26 Å². The fourth-order valence-corrected chi connectivity index (χ4v) is 3.05. The first-order valence-electron chi connectivity index (χ1n) is 8.14. The molecular weight excluding hydrogens is 334 g/mol. The van der Waals surface area contributed by atoms with E-state index in [2.05, 4.69) is 20.2 Å². The zero-order chi connectivity index (χ0) is 17.7. The molecule has 26 heavy (non-hydrogen) atoms. The van der Waals surface area contributed by atoms with Crippen molar-refractivity contribution in [3.8, 4) is 22.7 Å². The maximum absolute atomic E-state index is 12.5. The Hall–Kier alpha value is -3.68. The maximum atomic E-state index is 12.5. The van der Waals surface area contributed by atoms with E-state index < -0.39 is 0 Å². The number of fused-ring (bicyclic) bond motifs is 2. The quantitative estimate of drug-likeness (QED) is 0.538. The Morgan fingerprint density at radius 1 is 1.27 bits per heavy atom. The molecule has 0 saturated carbocycles. The standard InChI is InChI=1S/C18H13N5O3/c1-2-13-11-4-3-10(7-15(11)26-22-13)14-8-16(24)23-17(21-14)12(9-20-23)18-19-5-6-25-18/h3-9,20H,2H2,1H3. The van der Waals surface area contributed by atoms with E-state index in [0.717, 1.165) is 23.1 Å². The number of nitrogens with zero attached hydrogens (tertiary/aromatic N) is 4. The van der Waals surface area contributed by atoms with Crippen LogP contribution in [0.2, 0.25) is 0 Å². The summed E-state index contributed by atoms with van der Waals surface area (Å²) in [6, 6.07) is 7.17. The van der Waals surface area contributed by atoms with Crippen LogP contribution in [0.1, 0.15) is 12.6 Å². The van der Waals surface area contributed by atoms with Crippen molar-refractivity contribution < 1.29 is 8.94 Å². The largest absolute Gasteiger partial charge is 0.444 e. The van der Waals surface area contributed by atoms with Crippen molar-refractivity contribution in [3.05, 3.63) is 59.0 Å². The SMILES string of the molecule is CCc1noc2cc(-c3cc(=O)n4[nH]cc(-c5ncco5)c4n3)ccc12. The summed E-state index contributed by atoms with van der Waals surface area (Å²) >= 11 is 0. The van der Waals surface area contributed by atoms with E-state index >= 15 is 0 Å². The highest BCUT2D eigenvalue weighted by molar-refractivity contribution is 5.84. The first kappa shape index (κ1) is 14.6. The molecule has 0 amide bonds. The van der Waals surface area contributed by atoms with Gasteiger partial charge in [-0.2, -0.15) is 0 Å². The van der Waals surface area contributed by atoms with E-state index in [1.165, 1.54) is 16.8 Å². The molecule has 128 valence electrons. The van der Waals surface area contributed by atoms with E-state index in [4.69, 9.17) is 8.94 Å². The van der Waals surface area contributed by atoms with Gasteiger partial charge in [-0.15, -0.1) is 0 Å². The topological polar surface area (TPSA) is 102 Å². The zero-order valence-corrected chi connectivity index (χ0v) is 13.8. The molecule has 0 atom stereocenters. The Morgan fingerprint density at radius 2 is 2.19 bits per heavy atom. The lowest BCUT2D eigenvalue weighted by atomic mass is 10.1. The van der Waals surface area contributed by atoms with Crippen molar-refractivity contribution in [2.75, 3.05) is 0 Å². The van der Waals surface area contributed by atoms with Crippen molar-refractivity contribution >= 4 is 16.6 Å². The van der Waals surface area contributed by atoms with E-state index in [-0.39, 0.29) is 5.56 Å². The van der Waals surface area contributed by atoms with E-state index in [9.17, 15) is 4.79 Å². The number of aromatic amines is 1. The minimum Gasteiger partial charge on any atom is -0.444 e. The first-order chi connectivity index (χ1) is 12.7. The molecule has 0 radical (unpaired) electrons. The smallest absolute Gasteiger partial charge is 0.273 e. The number of oxazole rings is 1. The summed E-state index contributed by atoms with van der Waals surface area (Å²) in [6.45, 7) is 2.03. The number of benzene rings is 1. The first-order valence-corrected chi connectivity index (χ1v) is 8.14. The third kappa shape index (κ3) is 2.08. The van der Waals surface area contributed by atoms with Crippen molar-refractivity contribution in [1.82, 2.24) is 24.7 Å². The highest BCUT2D eigenvalue weighted by Crippen LogP contribution is 2.27. The van der Waals surface area contributed by atoms with Crippen molar-refractivity contribution in [1.29, 1.82) is 0 Å². The summed E-state index contributed by atoms with van der Waals surface area (Å²) in [7, 11) is 0. The molecule has 0 aliphatic heterocycles. The Kier molecular flexibility index (Phi) is 3.05. The minimum absolute atomic E-state index is 0.227. The van der Waals surface area contributed by atoms with Gasteiger partial charge in [0, 0.05) is 23.2 Å². The number of rotatable bonds is 3. The Morgan fingerprint density at radius 3 is 3.00 bits per heavy atom. The lowest BCUT2D eigenvalue weighted by Gasteiger charge is -2.02. The van der Waals surface area contributed by atoms with Gasteiger partial charge in [0.15, 0.2) is 11.2 Å². The van der Waals surface area contributed by atoms with Crippen LogP contribution in [0, 0.1) is 0 Å². The lowest BCUT2D eigenvalue weighted by molar-refractivity contribution is 0.447. The second-order valence-electron chi connectivity index (χ2n) is 5.86. The Balaban J connectivity index is 1.72.